The summed E-state index contributed by atoms with van der Waals surface area (Å²) in [6.07, 6.45) is 0. The van der Waals surface area contributed by atoms with Gasteiger partial charge in [0.25, 0.3) is 0 Å². The third-order valence-electron chi connectivity index (χ3n) is 2.56. The van der Waals surface area contributed by atoms with Crippen molar-refractivity contribution in [1.82, 2.24) is 9.78 Å². The van der Waals surface area contributed by atoms with Gasteiger partial charge < -0.3 is 11.1 Å². The molecular formula is C11H22N4. The topological polar surface area (TPSA) is 55.9 Å². The van der Waals surface area contributed by atoms with Crippen molar-refractivity contribution in [3.05, 3.63) is 11.4 Å². The Morgan fingerprint density at radius 2 is 1.93 bits per heavy atom. The van der Waals surface area contributed by atoms with E-state index in [1.165, 1.54) is 5.69 Å². The van der Waals surface area contributed by atoms with Crippen LogP contribution in [0.15, 0.2) is 0 Å². The van der Waals surface area contributed by atoms with Gasteiger partial charge in [0, 0.05) is 18.6 Å². The standard InChI is InChI=1S/C11H22N4/c1-7(2)15-10(5)11(9(4)14-15)13-8(3)6-12/h7-8,13H,6,12H2,1-5H3. The number of anilines is 1. The van der Waals surface area contributed by atoms with Gasteiger partial charge in [-0.2, -0.15) is 5.10 Å². The molecule has 4 nitrogen and oxygen atoms in total. The third-order valence-corrected chi connectivity index (χ3v) is 2.56. The third kappa shape index (κ3) is 2.50. The summed E-state index contributed by atoms with van der Waals surface area (Å²) in [5.41, 5.74) is 8.95. The zero-order valence-corrected chi connectivity index (χ0v) is 10.3. The molecule has 0 saturated heterocycles. The molecule has 0 saturated carbocycles. The molecule has 4 heteroatoms. The van der Waals surface area contributed by atoms with Crippen LogP contribution in [0.2, 0.25) is 0 Å². The van der Waals surface area contributed by atoms with Crippen LogP contribution in [-0.2, 0) is 0 Å². The van der Waals surface area contributed by atoms with Crippen LogP contribution in [-0.4, -0.2) is 22.4 Å². The summed E-state index contributed by atoms with van der Waals surface area (Å²) >= 11 is 0. The molecule has 0 aliphatic rings. The molecule has 1 rings (SSSR count). The van der Waals surface area contributed by atoms with Gasteiger partial charge >= 0.3 is 0 Å². The Morgan fingerprint density at radius 1 is 1.33 bits per heavy atom. The highest BCUT2D eigenvalue weighted by atomic mass is 15.3. The van der Waals surface area contributed by atoms with E-state index in [0.29, 0.717) is 12.6 Å². The Morgan fingerprint density at radius 3 is 2.33 bits per heavy atom. The van der Waals surface area contributed by atoms with Crippen molar-refractivity contribution in [2.24, 2.45) is 5.73 Å². The minimum atomic E-state index is 0.284. The maximum Gasteiger partial charge on any atom is 0.0828 e. The molecule has 0 fully saturated rings. The predicted octanol–water partition coefficient (Wildman–Crippen LogP) is 1.84. The second kappa shape index (κ2) is 4.66. The minimum absolute atomic E-state index is 0.284. The summed E-state index contributed by atoms with van der Waals surface area (Å²) in [7, 11) is 0. The normalized spacial score (nSPS) is 13.3. The molecule has 1 unspecified atom stereocenters. The Hall–Kier alpha value is -1.03. The molecule has 0 bridgehead atoms. The highest BCUT2D eigenvalue weighted by Crippen LogP contribution is 2.22. The molecule has 0 radical (unpaired) electrons. The number of aryl methyl sites for hydroxylation is 1. The maximum atomic E-state index is 5.60. The van der Waals surface area contributed by atoms with Gasteiger partial charge in [-0.05, 0) is 34.6 Å². The minimum Gasteiger partial charge on any atom is -0.378 e. The van der Waals surface area contributed by atoms with E-state index < -0.39 is 0 Å². The van der Waals surface area contributed by atoms with Gasteiger partial charge in [-0.25, -0.2) is 0 Å². The number of aromatic nitrogens is 2. The van der Waals surface area contributed by atoms with Crippen LogP contribution >= 0.6 is 0 Å². The monoisotopic (exact) mass is 210 g/mol. The number of hydrogen-bond acceptors (Lipinski definition) is 3. The zero-order valence-electron chi connectivity index (χ0n) is 10.3. The van der Waals surface area contributed by atoms with Gasteiger partial charge in [-0.3, -0.25) is 4.68 Å². The first kappa shape index (κ1) is 12.0. The molecule has 1 atom stereocenters. The molecule has 1 heterocycles. The van der Waals surface area contributed by atoms with Gasteiger partial charge in [-0.1, -0.05) is 0 Å². The Bertz CT molecular complexity index is 328. The van der Waals surface area contributed by atoms with E-state index in [0.717, 1.165) is 11.4 Å². The van der Waals surface area contributed by atoms with E-state index >= 15 is 0 Å². The van der Waals surface area contributed by atoms with Crippen LogP contribution in [0.25, 0.3) is 0 Å². The van der Waals surface area contributed by atoms with E-state index in [2.05, 4.69) is 38.1 Å². The second-order valence-corrected chi connectivity index (χ2v) is 4.37. The van der Waals surface area contributed by atoms with Crippen LogP contribution in [0.5, 0.6) is 0 Å². The van der Waals surface area contributed by atoms with Crippen LogP contribution < -0.4 is 11.1 Å². The van der Waals surface area contributed by atoms with Crippen LogP contribution in [0, 0.1) is 13.8 Å². The summed E-state index contributed by atoms with van der Waals surface area (Å²) in [5.74, 6) is 0. The number of nitrogens with one attached hydrogen (secondary N) is 1. The molecule has 0 amide bonds. The lowest BCUT2D eigenvalue weighted by molar-refractivity contribution is 0.516. The summed E-state index contributed by atoms with van der Waals surface area (Å²) in [4.78, 5) is 0. The van der Waals surface area contributed by atoms with Crippen molar-refractivity contribution in [3.63, 3.8) is 0 Å². The molecule has 0 aromatic carbocycles. The molecule has 3 N–H and O–H groups in total. The summed E-state index contributed by atoms with van der Waals surface area (Å²) in [6.45, 7) is 11.1. The SMILES string of the molecule is Cc1nn(C(C)C)c(C)c1NC(C)CN. The maximum absolute atomic E-state index is 5.60. The van der Waals surface area contributed by atoms with Gasteiger partial charge in [0.1, 0.15) is 0 Å². The van der Waals surface area contributed by atoms with E-state index in [-0.39, 0.29) is 6.04 Å². The van der Waals surface area contributed by atoms with Crippen molar-refractivity contribution < 1.29 is 0 Å². The van der Waals surface area contributed by atoms with Gasteiger partial charge in [0.15, 0.2) is 0 Å². The first-order chi connectivity index (χ1) is 6.97. The number of nitrogens with two attached hydrogens (primary N) is 1. The summed E-state index contributed by atoms with van der Waals surface area (Å²) in [5, 5.41) is 7.91. The zero-order chi connectivity index (χ0) is 11.6. The van der Waals surface area contributed by atoms with Gasteiger partial charge in [0.05, 0.1) is 17.1 Å². The fraction of sp³-hybridized carbons (Fsp3) is 0.727. The van der Waals surface area contributed by atoms with Crippen LogP contribution in [0.1, 0.15) is 38.2 Å². The van der Waals surface area contributed by atoms with Gasteiger partial charge in [0.2, 0.25) is 0 Å². The van der Waals surface area contributed by atoms with E-state index in [1.54, 1.807) is 0 Å². The first-order valence-corrected chi connectivity index (χ1v) is 5.49. The Labute approximate surface area is 91.8 Å². The number of hydrogen-bond donors (Lipinski definition) is 2. The molecule has 1 aromatic heterocycles. The predicted molar refractivity (Wildman–Crippen MR) is 64.2 cm³/mol. The largest absolute Gasteiger partial charge is 0.378 e. The molecular weight excluding hydrogens is 188 g/mol. The first-order valence-electron chi connectivity index (χ1n) is 5.49. The van der Waals surface area contributed by atoms with Crippen molar-refractivity contribution in [2.75, 3.05) is 11.9 Å². The fourth-order valence-corrected chi connectivity index (χ4v) is 1.68. The van der Waals surface area contributed by atoms with Crippen LogP contribution in [0.4, 0.5) is 5.69 Å². The lowest BCUT2D eigenvalue weighted by Gasteiger charge is -2.14. The van der Waals surface area contributed by atoms with Gasteiger partial charge in [-0.15, -0.1) is 0 Å². The van der Waals surface area contributed by atoms with Crippen molar-refractivity contribution in [2.45, 2.75) is 46.7 Å². The highest BCUT2D eigenvalue weighted by molar-refractivity contribution is 5.52. The molecule has 0 spiro atoms. The molecule has 1 aromatic rings. The van der Waals surface area contributed by atoms with E-state index in [4.69, 9.17) is 5.73 Å². The fourth-order valence-electron chi connectivity index (χ4n) is 1.68. The molecule has 0 aliphatic carbocycles. The quantitative estimate of drug-likeness (QED) is 0.797. The van der Waals surface area contributed by atoms with Crippen molar-refractivity contribution in [3.8, 4) is 0 Å². The number of nitrogens with zero attached hydrogens (tertiary/aromatic N) is 2. The Kier molecular flexibility index (Phi) is 3.74. The van der Waals surface area contributed by atoms with E-state index in [1.807, 2.05) is 11.6 Å². The Balaban J connectivity index is 2.97. The smallest absolute Gasteiger partial charge is 0.0828 e. The average molecular weight is 210 g/mol. The summed E-state index contributed by atoms with van der Waals surface area (Å²) in [6, 6.07) is 0.680. The molecule has 15 heavy (non-hydrogen) atoms. The van der Waals surface area contributed by atoms with Crippen molar-refractivity contribution >= 4 is 5.69 Å². The average Bonchev–Trinajstić information content (AvgIpc) is 2.45. The second-order valence-electron chi connectivity index (χ2n) is 4.37. The molecule has 0 aliphatic heterocycles. The van der Waals surface area contributed by atoms with E-state index in [9.17, 15) is 0 Å². The number of rotatable bonds is 4. The lowest BCUT2D eigenvalue weighted by Crippen LogP contribution is -2.25. The lowest BCUT2D eigenvalue weighted by atomic mass is 10.2. The summed E-state index contributed by atoms with van der Waals surface area (Å²) < 4.78 is 2.04. The van der Waals surface area contributed by atoms with Crippen molar-refractivity contribution in [1.29, 1.82) is 0 Å². The van der Waals surface area contributed by atoms with Crippen LogP contribution in [0.3, 0.4) is 0 Å². The highest BCUT2D eigenvalue weighted by Gasteiger charge is 2.14. The molecule has 86 valence electrons.